The van der Waals surface area contributed by atoms with Gasteiger partial charge in [0.2, 0.25) is 0 Å². The summed E-state index contributed by atoms with van der Waals surface area (Å²) in [5, 5.41) is 0. The summed E-state index contributed by atoms with van der Waals surface area (Å²) in [6.45, 7) is 22.1. The fraction of sp³-hybridized carbons (Fsp3) is 1.00. The number of nitrogens with zero attached hydrogens (tertiary/aromatic N) is 2. The summed E-state index contributed by atoms with van der Waals surface area (Å²) < 4.78 is 4.30. The first-order valence-electron chi connectivity index (χ1n) is 10.5. The monoisotopic (exact) mass is 428 g/mol. The Hall–Kier alpha value is 0.790. The average molecular weight is 428 g/mol. The van der Waals surface area contributed by atoms with Crippen LogP contribution in [0, 0.1) is 0 Å². The van der Waals surface area contributed by atoms with Gasteiger partial charge in [0.25, 0.3) is 0 Å². The molecule has 0 aromatic heterocycles. The first kappa shape index (κ1) is 23.8. The van der Waals surface area contributed by atoms with Gasteiger partial charge in [0.05, 0.1) is 0 Å². The third-order valence-corrected chi connectivity index (χ3v) is 17.1. The number of hydrogen-bond acceptors (Lipinski definition) is 2. The first-order valence-corrected chi connectivity index (χ1v) is 17.1. The van der Waals surface area contributed by atoms with Crippen molar-refractivity contribution in [1.82, 2.24) is 9.80 Å². The van der Waals surface area contributed by atoms with Crippen LogP contribution in [-0.4, -0.2) is 70.5 Å². The van der Waals surface area contributed by atoms with E-state index < -0.39 is 21.4 Å². The van der Waals surface area contributed by atoms with E-state index in [1.807, 2.05) is 0 Å². The fourth-order valence-electron chi connectivity index (χ4n) is 3.68. The molecular weight excluding hydrogens is 383 g/mol. The van der Waals surface area contributed by atoms with E-state index in [1.165, 1.54) is 71.4 Å². The quantitative estimate of drug-likeness (QED) is 0.319. The molecule has 0 radical (unpaired) electrons. The van der Waals surface area contributed by atoms with Gasteiger partial charge in [0.1, 0.15) is 0 Å². The van der Waals surface area contributed by atoms with Gasteiger partial charge in [0.15, 0.2) is 0 Å². The maximum absolute atomic E-state index is 2.70. The predicted molar refractivity (Wildman–Crippen MR) is 109 cm³/mol. The zero-order valence-electron chi connectivity index (χ0n) is 17.2. The van der Waals surface area contributed by atoms with Crippen LogP contribution in [0.25, 0.3) is 0 Å². The van der Waals surface area contributed by atoms with Crippen molar-refractivity contribution in [2.45, 2.75) is 85.7 Å². The summed E-state index contributed by atoms with van der Waals surface area (Å²) >= 11 is -1.30. The summed E-state index contributed by atoms with van der Waals surface area (Å²) in [6, 6.07) is 0. The second-order valence-corrected chi connectivity index (χ2v) is 19.0. The molecule has 0 aromatic rings. The normalized spacial score (nSPS) is 11.9. The molecule has 0 amide bonds. The van der Waals surface area contributed by atoms with Crippen LogP contribution in [0.5, 0.6) is 0 Å². The van der Waals surface area contributed by atoms with Crippen molar-refractivity contribution in [1.29, 1.82) is 0 Å². The van der Waals surface area contributed by atoms with Gasteiger partial charge in [-0.1, -0.05) is 0 Å². The van der Waals surface area contributed by atoms with Crippen LogP contribution in [-0.2, 0) is 0 Å². The van der Waals surface area contributed by atoms with Crippen LogP contribution in [0.2, 0.25) is 12.0 Å². The van der Waals surface area contributed by atoms with Gasteiger partial charge >= 0.3 is 156 Å². The van der Waals surface area contributed by atoms with Crippen molar-refractivity contribution >= 4 is 21.4 Å². The Labute approximate surface area is 155 Å². The van der Waals surface area contributed by atoms with Crippen molar-refractivity contribution in [2.75, 3.05) is 39.3 Å². The first-order chi connectivity index (χ1) is 11.1. The second-order valence-electron chi connectivity index (χ2n) is 7.56. The van der Waals surface area contributed by atoms with Gasteiger partial charge in [-0.05, 0) is 0 Å². The third kappa shape index (κ3) is 12.8. The molecule has 0 heterocycles. The van der Waals surface area contributed by atoms with Crippen LogP contribution in [0.1, 0.15) is 73.6 Å². The molecule has 0 saturated carbocycles. The van der Waals surface area contributed by atoms with Gasteiger partial charge in [-0.3, -0.25) is 0 Å². The molecule has 0 aliphatic rings. The summed E-state index contributed by atoms with van der Waals surface area (Å²) in [5.74, 6) is 0. The van der Waals surface area contributed by atoms with Gasteiger partial charge in [0, 0.05) is 0 Å². The van der Waals surface area contributed by atoms with Crippen LogP contribution < -0.4 is 0 Å². The van der Waals surface area contributed by atoms with E-state index in [0.717, 1.165) is 3.67 Å². The Bertz CT molecular complexity index is 240. The summed E-state index contributed by atoms with van der Waals surface area (Å²) in [6.07, 6.45) is 6.86. The Morgan fingerprint density at radius 2 is 1.09 bits per heavy atom. The molecule has 138 valence electrons. The van der Waals surface area contributed by atoms with Crippen LogP contribution >= 0.6 is 0 Å². The van der Waals surface area contributed by atoms with Gasteiger partial charge < -0.3 is 0 Å². The minimum atomic E-state index is -1.30. The molecule has 0 aromatic carbocycles. The van der Waals surface area contributed by atoms with Crippen molar-refractivity contribution in [3.05, 3.63) is 0 Å². The van der Waals surface area contributed by atoms with Crippen molar-refractivity contribution < 1.29 is 0 Å². The van der Waals surface area contributed by atoms with E-state index in [9.17, 15) is 0 Å². The molecule has 0 spiro atoms. The summed E-state index contributed by atoms with van der Waals surface area (Å²) in [5.41, 5.74) is 0. The zero-order valence-corrected chi connectivity index (χ0v) is 20.5. The topological polar surface area (TPSA) is 6.48 Å². The number of rotatable bonds is 16. The van der Waals surface area contributed by atoms with E-state index in [1.54, 1.807) is 8.35 Å². The van der Waals surface area contributed by atoms with Crippen molar-refractivity contribution in [3.63, 3.8) is 0 Å². The second kappa shape index (κ2) is 16.3. The molecule has 2 nitrogen and oxygen atoms in total. The molecule has 0 rings (SSSR count). The molecule has 0 fully saturated rings. The van der Waals surface area contributed by atoms with Gasteiger partial charge in [-0.25, -0.2) is 0 Å². The standard InChI is InChI=1S/C9H20N.C8H18N.C3H7.In/c1-4-7-10(8-5-2)9-6-3;1-4-7-9(6-3)8-5-2;1-3-2;/h1,4-9H2,2-3H3;1,4-8H2,2-3H3;3H,1-2H3;. The summed E-state index contributed by atoms with van der Waals surface area (Å²) in [4.78, 5) is 5.34. The van der Waals surface area contributed by atoms with E-state index >= 15 is 0 Å². The van der Waals surface area contributed by atoms with Crippen LogP contribution in [0.3, 0.4) is 0 Å². The molecule has 0 aliphatic carbocycles. The van der Waals surface area contributed by atoms with E-state index in [4.69, 9.17) is 0 Å². The third-order valence-electron chi connectivity index (χ3n) is 5.11. The molecule has 0 unspecified atom stereocenters. The van der Waals surface area contributed by atoms with E-state index in [-0.39, 0.29) is 0 Å². The van der Waals surface area contributed by atoms with Crippen molar-refractivity contribution in [2.24, 2.45) is 0 Å². The predicted octanol–water partition coefficient (Wildman–Crippen LogP) is 5.53. The minimum absolute atomic E-state index is 1.05. The Morgan fingerprint density at radius 1 is 0.652 bits per heavy atom. The SMILES string of the molecule is CCCN(CC)CC[CH2][In]([CH2]CCN(CCC)CCC)[CH](C)C. The van der Waals surface area contributed by atoms with Gasteiger partial charge in [-0.2, -0.15) is 0 Å². The number of hydrogen-bond donors (Lipinski definition) is 0. The fourth-order valence-corrected chi connectivity index (χ4v) is 12.3. The van der Waals surface area contributed by atoms with Crippen LogP contribution in [0.15, 0.2) is 0 Å². The summed E-state index contributed by atoms with van der Waals surface area (Å²) in [7, 11) is 0. The molecule has 0 saturated heterocycles. The Morgan fingerprint density at radius 3 is 1.48 bits per heavy atom. The molecule has 3 heteroatoms. The Balaban J connectivity index is 4.06. The molecule has 0 atom stereocenters. The van der Waals surface area contributed by atoms with Crippen LogP contribution in [0.4, 0.5) is 0 Å². The van der Waals surface area contributed by atoms with E-state index in [0.29, 0.717) is 0 Å². The van der Waals surface area contributed by atoms with E-state index in [2.05, 4.69) is 51.3 Å². The molecule has 0 N–H and O–H groups in total. The maximum atomic E-state index is 2.70. The molecular formula is C20H45InN2. The molecule has 23 heavy (non-hydrogen) atoms. The average Bonchev–Trinajstić information content (AvgIpc) is 2.52. The van der Waals surface area contributed by atoms with Gasteiger partial charge in [-0.15, -0.1) is 0 Å². The Kier molecular flexibility index (Phi) is 16.8. The zero-order chi connectivity index (χ0) is 17.5. The molecule has 0 aliphatic heterocycles. The molecule has 0 bridgehead atoms. The van der Waals surface area contributed by atoms with Crippen molar-refractivity contribution in [3.8, 4) is 0 Å².